The zero-order chi connectivity index (χ0) is 14.5. The minimum absolute atomic E-state index is 0.0261. The summed E-state index contributed by atoms with van der Waals surface area (Å²) < 4.78 is 10.9. The highest BCUT2D eigenvalue weighted by atomic mass is 16.5. The molecule has 0 atom stereocenters. The van der Waals surface area contributed by atoms with Gasteiger partial charge in [-0.25, -0.2) is 0 Å². The van der Waals surface area contributed by atoms with Gasteiger partial charge in [-0.3, -0.25) is 0 Å². The number of nitrogens with two attached hydrogens (primary N) is 1. The number of oxime groups is 1. The van der Waals surface area contributed by atoms with Crippen LogP contribution in [0.1, 0.15) is 18.4 Å². The number of hydrogen-bond donors (Lipinski definition) is 2. The van der Waals surface area contributed by atoms with E-state index in [2.05, 4.69) is 17.1 Å². The zero-order valence-electron chi connectivity index (χ0n) is 11.9. The fraction of sp³-hybridized carbons (Fsp3) is 0.500. The van der Waals surface area contributed by atoms with Crippen molar-refractivity contribution in [3.05, 3.63) is 23.8 Å². The third-order valence-corrected chi connectivity index (χ3v) is 3.44. The molecule has 0 amide bonds. The van der Waals surface area contributed by atoms with Crippen LogP contribution in [0.3, 0.4) is 0 Å². The maximum atomic E-state index is 8.80. The van der Waals surface area contributed by atoms with Gasteiger partial charge in [0.2, 0.25) is 0 Å². The van der Waals surface area contributed by atoms with Gasteiger partial charge in [0.1, 0.15) is 18.1 Å². The summed E-state index contributed by atoms with van der Waals surface area (Å²) in [6.45, 7) is 1.39. The van der Waals surface area contributed by atoms with Crippen LogP contribution in [-0.4, -0.2) is 49.3 Å². The van der Waals surface area contributed by atoms with E-state index in [0.29, 0.717) is 29.7 Å². The Labute approximate surface area is 118 Å². The molecule has 1 aromatic carbocycles. The third-order valence-electron chi connectivity index (χ3n) is 3.44. The van der Waals surface area contributed by atoms with E-state index in [4.69, 9.17) is 20.4 Å². The first-order chi connectivity index (χ1) is 9.65. The van der Waals surface area contributed by atoms with Crippen molar-refractivity contribution in [2.75, 3.05) is 27.3 Å². The number of hydrogen-bond acceptors (Lipinski definition) is 5. The number of rotatable bonds is 7. The van der Waals surface area contributed by atoms with E-state index in [1.807, 2.05) is 0 Å². The van der Waals surface area contributed by atoms with Gasteiger partial charge in [-0.15, -0.1) is 0 Å². The van der Waals surface area contributed by atoms with Gasteiger partial charge in [-0.05, 0) is 32.0 Å². The molecule has 6 nitrogen and oxygen atoms in total. The van der Waals surface area contributed by atoms with E-state index >= 15 is 0 Å². The van der Waals surface area contributed by atoms with Crippen LogP contribution >= 0.6 is 0 Å². The minimum Gasteiger partial charge on any atom is -0.497 e. The van der Waals surface area contributed by atoms with Crippen molar-refractivity contribution in [1.82, 2.24) is 4.90 Å². The fourth-order valence-corrected chi connectivity index (χ4v) is 2.01. The van der Waals surface area contributed by atoms with Gasteiger partial charge in [0.25, 0.3) is 0 Å². The van der Waals surface area contributed by atoms with E-state index in [0.717, 1.165) is 6.54 Å². The number of ether oxygens (including phenoxy) is 2. The molecule has 0 radical (unpaired) electrons. The van der Waals surface area contributed by atoms with Gasteiger partial charge in [0.15, 0.2) is 5.84 Å². The molecular formula is C14H21N3O3. The van der Waals surface area contributed by atoms with Crippen LogP contribution in [0.25, 0.3) is 0 Å². The van der Waals surface area contributed by atoms with Crippen LogP contribution in [-0.2, 0) is 0 Å². The summed E-state index contributed by atoms with van der Waals surface area (Å²) in [7, 11) is 3.68. The first-order valence-electron chi connectivity index (χ1n) is 6.64. The second-order valence-electron chi connectivity index (χ2n) is 4.91. The predicted molar refractivity (Wildman–Crippen MR) is 76.7 cm³/mol. The molecule has 0 heterocycles. The van der Waals surface area contributed by atoms with Gasteiger partial charge >= 0.3 is 0 Å². The molecular weight excluding hydrogens is 258 g/mol. The number of likely N-dealkylation sites (N-methyl/N-ethyl adjacent to an activating group) is 1. The monoisotopic (exact) mass is 279 g/mol. The first kappa shape index (κ1) is 14.5. The standard InChI is InChI=1S/C14H21N3O3/c1-17(10-3-4-10)7-8-20-13-9-11(19-2)5-6-12(13)14(15)16-18/h5-6,9-10,18H,3-4,7-8H2,1-2H3,(H2,15,16). The van der Waals surface area contributed by atoms with E-state index in [1.54, 1.807) is 25.3 Å². The van der Waals surface area contributed by atoms with Crippen molar-refractivity contribution >= 4 is 5.84 Å². The zero-order valence-corrected chi connectivity index (χ0v) is 11.9. The molecule has 0 saturated heterocycles. The van der Waals surface area contributed by atoms with Crippen molar-refractivity contribution in [3.8, 4) is 11.5 Å². The van der Waals surface area contributed by atoms with Crippen LogP contribution in [0.2, 0.25) is 0 Å². The average Bonchev–Trinajstić information content (AvgIpc) is 3.30. The molecule has 1 aliphatic carbocycles. The fourth-order valence-electron chi connectivity index (χ4n) is 2.01. The first-order valence-corrected chi connectivity index (χ1v) is 6.64. The molecule has 0 bridgehead atoms. The van der Waals surface area contributed by atoms with Gasteiger partial charge in [0.05, 0.1) is 12.7 Å². The molecule has 2 rings (SSSR count). The lowest BCUT2D eigenvalue weighted by molar-refractivity contribution is 0.231. The smallest absolute Gasteiger partial charge is 0.173 e. The Morgan fingerprint density at radius 2 is 2.25 bits per heavy atom. The van der Waals surface area contributed by atoms with Crippen LogP contribution in [0.15, 0.2) is 23.4 Å². The Balaban J connectivity index is 2.03. The quantitative estimate of drug-likeness (QED) is 0.340. The van der Waals surface area contributed by atoms with Gasteiger partial charge in [-0.2, -0.15) is 0 Å². The van der Waals surface area contributed by atoms with Crippen molar-refractivity contribution < 1.29 is 14.7 Å². The Kier molecular flexibility index (Phi) is 4.68. The van der Waals surface area contributed by atoms with Crippen LogP contribution in [0.4, 0.5) is 0 Å². The van der Waals surface area contributed by atoms with Crippen molar-refractivity contribution in [2.45, 2.75) is 18.9 Å². The van der Waals surface area contributed by atoms with Gasteiger partial charge < -0.3 is 25.3 Å². The van der Waals surface area contributed by atoms with Crippen molar-refractivity contribution in [1.29, 1.82) is 0 Å². The van der Waals surface area contributed by atoms with Gasteiger partial charge in [-0.1, -0.05) is 5.16 Å². The van der Waals surface area contributed by atoms with Crippen LogP contribution in [0, 0.1) is 0 Å². The molecule has 6 heteroatoms. The second-order valence-corrected chi connectivity index (χ2v) is 4.91. The number of benzene rings is 1. The lowest BCUT2D eigenvalue weighted by atomic mass is 10.2. The summed E-state index contributed by atoms with van der Waals surface area (Å²) in [6.07, 6.45) is 2.54. The largest absolute Gasteiger partial charge is 0.497 e. The summed E-state index contributed by atoms with van der Waals surface area (Å²) in [5.74, 6) is 1.26. The molecule has 0 aliphatic heterocycles. The molecule has 0 aromatic heterocycles. The Morgan fingerprint density at radius 1 is 1.50 bits per heavy atom. The van der Waals surface area contributed by atoms with Gasteiger partial charge in [0, 0.05) is 18.7 Å². The van der Waals surface area contributed by atoms with Crippen LogP contribution < -0.4 is 15.2 Å². The highest BCUT2D eigenvalue weighted by Crippen LogP contribution is 2.26. The maximum Gasteiger partial charge on any atom is 0.173 e. The summed E-state index contributed by atoms with van der Waals surface area (Å²) >= 11 is 0. The minimum atomic E-state index is 0.0261. The van der Waals surface area contributed by atoms with E-state index in [1.165, 1.54) is 12.8 Å². The molecule has 1 aliphatic rings. The van der Waals surface area contributed by atoms with E-state index < -0.39 is 0 Å². The maximum absolute atomic E-state index is 8.80. The molecule has 0 unspecified atom stereocenters. The second kappa shape index (κ2) is 6.47. The summed E-state index contributed by atoms with van der Waals surface area (Å²) in [5, 5.41) is 11.8. The number of amidine groups is 1. The topological polar surface area (TPSA) is 80.3 Å². The molecule has 0 spiro atoms. The van der Waals surface area contributed by atoms with Crippen molar-refractivity contribution in [3.63, 3.8) is 0 Å². The number of nitrogens with zero attached hydrogens (tertiary/aromatic N) is 2. The molecule has 3 N–H and O–H groups in total. The predicted octanol–water partition coefficient (Wildman–Crippen LogP) is 1.26. The van der Waals surface area contributed by atoms with E-state index in [-0.39, 0.29) is 5.84 Å². The Hall–Kier alpha value is -1.95. The molecule has 1 fully saturated rings. The highest BCUT2D eigenvalue weighted by Gasteiger charge is 2.25. The molecule has 20 heavy (non-hydrogen) atoms. The normalized spacial score (nSPS) is 15.4. The molecule has 1 aromatic rings. The van der Waals surface area contributed by atoms with Crippen LogP contribution in [0.5, 0.6) is 11.5 Å². The average molecular weight is 279 g/mol. The Bertz CT molecular complexity index is 487. The number of methoxy groups -OCH3 is 1. The van der Waals surface area contributed by atoms with Crippen molar-refractivity contribution in [2.24, 2.45) is 10.9 Å². The summed E-state index contributed by atoms with van der Waals surface area (Å²) in [6, 6.07) is 5.90. The molecule has 110 valence electrons. The summed E-state index contributed by atoms with van der Waals surface area (Å²) in [4.78, 5) is 2.28. The molecule has 1 saturated carbocycles. The lowest BCUT2D eigenvalue weighted by Gasteiger charge is -2.17. The van der Waals surface area contributed by atoms with E-state index in [9.17, 15) is 0 Å². The highest BCUT2D eigenvalue weighted by molar-refractivity contribution is 5.99. The Morgan fingerprint density at radius 3 is 2.85 bits per heavy atom. The summed E-state index contributed by atoms with van der Waals surface area (Å²) in [5.41, 5.74) is 6.20. The lowest BCUT2D eigenvalue weighted by Crippen LogP contribution is -2.26. The third kappa shape index (κ3) is 3.54. The SMILES string of the molecule is COc1ccc(/C(N)=N/O)c(OCCN(C)C2CC2)c1.